The van der Waals surface area contributed by atoms with Crippen LogP contribution in [0.2, 0.25) is 5.15 Å². The van der Waals surface area contributed by atoms with Gasteiger partial charge in [-0.2, -0.15) is 0 Å². The molecule has 2 amide bonds. The Morgan fingerprint density at radius 3 is 2.59 bits per heavy atom. The van der Waals surface area contributed by atoms with Crippen LogP contribution >= 0.6 is 11.6 Å². The molecular weight excluding hydrogens is 398 g/mol. The minimum absolute atomic E-state index is 0.122. The molecule has 2 N–H and O–H groups in total. The van der Waals surface area contributed by atoms with Crippen LogP contribution in [0, 0.1) is 0 Å². The van der Waals surface area contributed by atoms with Crippen LogP contribution < -0.4 is 15.4 Å². The Balaban J connectivity index is 1.77. The fraction of sp³-hybridized carbons (Fsp3) is 0.200. The van der Waals surface area contributed by atoms with Crippen molar-refractivity contribution in [1.29, 1.82) is 0 Å². The average Bonchev–Trinajstić information content (AvgIpc) is 2.72. The second-order valence-corrected chi connectivity index (χ2v) is 6.19. The van der Waals surface area contributed by atoms with Gasteiger partial charge in [0.05, 0.1) is 12.8 Å². The molecule has 0 saturated heterocycles. The maximum Gasteiger partial charge on any atom is 0.328 e. The summed E-state index contributed by atoms with van der Waals surface area (Å²) in [6.07, 6.45) is 4.37. The van der Waals surface area contributed by atoms with Gasteiger partial charge in [-0.3, -0.25) is 9.59 Å². The van der Waals surface area contributed by atoms with Crippen molar-refractivity contribution in [2.24, 2.45) is 0 Å². The minimum Gasteiger partial charge on any atom is -0.497 e. The molecule has 29 heavy (non-hydrogen) atoms. The highest BCUT2D eigenvalue weighted by Gasteiger charge is 2.17. The Labute approximate surface area is 172 Å². The van der Waals surface area contributed by atoms with Crippen molar-refractivity contribution in [2.75, 3.05) is 19.0 Å². The first-order valence-corrected chi connectivity index (χ1v) is 8.96. The van der Waals surface area contributed by atoms with Gasteiger partial charge in [-0.05, 0) is 42.8 Å². The van der Waals surface area contributed by atoms with Crippen molar-refractivity contribution >= 4 is 41.1 Å². The number of aromatic nitrogens is 1. The van der Waals surface area contributed by atoms with Gasteiger partial charge in [0.2, 0.25) is 5.91 Å². The van der Waals surface area contributed by atoms with E-state index in [1.54, 1.807) is 49.6 Å². The third kappa shape index (κ3) is 7.27. The fourth-order valence-corrected chi connectivity index (χ4v) is 2.30. The van der Waals surface area contributed by atoms with E-state index in [0.29, 0.717) is 11.4 Å². The third-order valence-electron chi connectivity index (χ3n) is 3.63. The van der Waals surface area contributed by atoms with E-state index in [9.17, 15) is 14.4 Å². The van der Waals surface area contributed by atoms with E-state index < -0.39 is 30.4 Å². The zero-order chi connectivity index (χ0) is 21.2. The standard InChI is InChI=1S/C20H20ClN3O5/c1-13(23-17(25)10-7-14-5-8-15(28-2)9-6-14)20(27)29-12-18(26)24-16-4-3-11-22-19(16)21/h3-11,13H,12H2,1-2H3,(H,23,25)(H,24,26)/b10-7+/t13-/m0/s1. The number of esters is 1. The van der Waals surface area contributed by atoms with Crippen LogP contribution in [0.15, 0.2) is 48.7 Å². The van der Waals surface area contributed by atoms with Crippen molar-refractivity contribution in [3.05, 3.63) is 59.4 Å². The van der Waals surface area contributed by atoms with E-state index in [4.69, 9.17) is 21.1 Å². The van der Waals surface area contributed by atoms with Crippen LogP contribution in [-0.2, 0) is 19.1 Å². The maximum atomic E-state index is 12.0. The average molecular weight is 418 g/mol. The predicted octanol–water partition coefficient (Wildman–Crippen LogP) is 2.44. The summed E-state index contributed by atoms with van der Waals surface area (Å²) in [5.41, 5.74) is 1.10. The first-order valence-electron chi connectivity index (χ1n) is 8.58. The summed E-state index contributed by atoms with van der Waals surface area (Å²) in [7, 11) is 1.57. The smallest absolute Gasteiger partial charge is 0.328 e. The molecule has 0 saturated carbocycles. The Kier molecular flexibility index (Phi) is 8.17. The molecule has 2 rings (SSSR count). The largest absolute Gasteiger partial charge is 0.497 e. The summed E-state index contributed by atoms with van der Waals surface area (Å²) in [5.74, 6) is -1.09. The van der Waals surface area contributed by atoms with Gasteiger partial charge >= 0.3 is 5.97 Å². The van der Waals surface area contributed by atoms with Gasteiger partial charge in [-0.15, -0.1) is 0 Å². The molecule has 0 fully saturated rings. The third-order valence-corrected chi connectivity index (χ3v) is 3.94. The monoisotopic (exact) mass is 417 g/mol. The number of benzene rings is 1. The number of rotatable bonds is 8. The molecule has 1 atom stereocenters. The van der Waals surface area contributed by atoms with Crippen LogP contribution in [0.4, 0.5) is 5.69 Å². The molecule has 2 aromatic rings. The number of pyridine rings is 1. The van der Waals surface area contributed by atoms with Crippen LogP contribution in [0.25, 0.3) is 6.08 Å². The molecule has 8 nitrogen and oxygen atoms in total. The van der Waals surface area contributed by atoms with Crippen molar-refractivity contribution in [3.8, 4) is 5.75 Å². The number of halogens is 1. The van der Waals surface area contributed by atoms with Gasteiger partial charge in [-0.1, -0.05) is 23.7 Å². The van der Waals surface area contributed by atoms with E-state index in [1.807, 2.05) is 0 Å². The number of anilines is 1. The number of nitrogens with one attached hydrogen (secondary N) is 2. The lowest BCUT2D eigenvalue weighted by atomic mass is 10.2. The normalized spacial score (nSPS) is 11.6. The van der Waals surface area contributed by atoms with Gasteiger partial charge in [0.1, 0.15) is 11.8 Å². The summed E-state index contributed by atoms with van der Waals surface area (Å²) < 4.78 is 9.96. The predicted molar refractivity (Wildman–Crippen MR) is 108 cm³/mol. The van der Waals surface area contributed by atoms with E-state index in [-0.39, 0.29) is 5.15 Å². The number of carbonyl (C=O) groups is 3. The van der Waals surface area contributed by atoms with E-state index in [0.717, 1.165) is 5.56 Å². The summed E-state index contributed by atoms with van der Waals surface area (Å²) in [5, 5.41) is 5.06. The second-order valence-electron chi connectivity index (χ2n) is 5.83. The number of amides is 2. The highest BCUT2D eigenvalue weighted by Crippen LogP contribution is 2.17. The van der Waals surface area contributed by atoms with E-state index >= 15 is 0 Å². The van der Waals surface area contributed by atoms with Gasteiger partial charge in [-0.25, -0.2) is 9.78 Å². The molecule has 0 spiro atoms. The zero-order valence-corrected chi connectivity index (χ0v) is 16.6. The zero-order valence-electron chi connectivity index (χ0n) is 15.8. The Hall–Kier alpha value is -3.39. The lowest BCUT2D eigenvalue weighted by Crippen LogP contribution is -2.39. The van der Waals surface area contributed by atoms with Crippen molar-refractivity contribution in [3.63, 3.8) is 0 Å². The maximum absolute atomic E-state index is 12.0. The molecule has 0 aliphatic rings. The van der Waals surface area contributed by atoms with Crippen molar-refractivity contribution in [2.45, 2.75) is 13.0 Å². The number of hydrogen-bond donors (Lipinski definition) is 2. The van der Waals surface area contributed by atoms with E-state index in [1.165, 1.54) is 19.2 Å². The Morgan fingerprint density at radius 2 is 1.93 bits per heavy atom. The van der Waals surface area contributed by atoms with Crippen molar-refractivity contribution < 1.29 is 23.9 Å². The number of ether oxygens (including phenoxy) is 2. The highest BCUT2D eigenvalue weighted by atomic mass is 35.5. The molecule has 0 aliphatic heterocycles. The number of nitrogens with zero attached hydrogens (tertiary/aromatic N) is 1. The Morgan fingerprint density at radius 1 is 1.21 bits per heavy atom. The molecule has 9 heteroatoms. The minimum atomic E-state index is -0.933. The van der Waals surface area contributed by atoms with Gasteiger partial charge in [0, 0.05) is 12.3 Å². The molecule has 1 aromatic carbocycles. The first-order chi connectivity index (χ1) is 13.9. The molecular formula is C20H20ClN3O5. The first kappa shape index (κ1) is 21.9. The van der Waals surface area contributed by atoms with Crippen molar-refractivity contribution in [1.82, 2.24) is 10.3 Å². The number of methoxy groups -OCH3 is 1. The van der Waals surface area contributed by atoms with Crippen LogP contribution in [0.3, 0.4) is 0 Å². The lowest BCUT2D eigenvalue weighted by molar-refractivity contribution is -0.149. The van der Waals surface area contributed by atoms with Gasteiger partial charge in [0.15, 0.2) is 11.8 Å². The molecule has 1 aromatic heterocycles. The van der Waals surface area contributed by atoms with E-state index in [2.05, 4.69) is 15.6 Å². The van der Waals surface area contributed by atoms with Gasteiger partial charge in [0.25, 0.3) is 5.91 Å². The quantitative estimate of drug-likeness (QED) is 0.388. The number of hydrogen-bond acceptors (Lipinski definition) is 6. The summed E-state index contributed by atoms with van der Waals surface area (Å²) >= 11 is 5.83. The summed E-state index contributed by atoms with van der Waals surface area (Å²) in [6.45, 7) is 0.934. The lowest BCUT2D eigenvalue weighted by Gasteiger charge is -2.12. The molecule has 0 unspecified atom stereocenters. The SMILES string of the molecule is COc1ccc(/C=C/C(=O)N[C@@H](C)C(=O)OCC(=O)Nc2cccnc2Cl)cc1. The molecule has 0 bridgehead atoms. The fourth-order valence-electron chi connectivity index (χ4n) is 2.13. The summed E-state index contributed by atoms with van der Waals surface area (Å²) in [4.78, 5) is 39.5. The summed E-state index contributed by atoms with van der Waals surface area (Å²) in [6, 6.07) is 9.33. The highest BCUT2D eigenvalue weighted by molar-refractivity contribution is 6.32. The molecule has 152 valence electrons. The van der Waals surface area contributed by atoms with Crippen LogP contribution in [0.1, 0.15) is 12.5 Å². The number of carbonyl (C=O) groups excluding carboxylic acids is 3. The Bertz CT molecular complexity index is 899. The topological polar surface area (TPSA) is 107 Å². The molecule has 1 heterocycles. The second kappa shape index (κ2) is 10.8. The molecule has 0 radical (unpaired) electrons. The van der Waals surface area contributed by atoms with Crippen LogP contribution in [-0.4, -0.2) is 42.5 Å². The molecule has 0 aliphatic carbocycles. The van der Waals surface area contributed by atoms with Gasteiger partial charge < -0.3 is 20.1 Å². The van der Waals surface area contributed by atoms with Crippen LogP contribution in [0.5, 0.6) is 5.75 Å².